The lowest BCUT2D eigenvalue weighted by Gasteiger charge is -2.23. The highest BCUT2D eigenvalue weighted by Crippen LogP contribution is 2.02. The summed E-state index contributed by atoms with van der Waals surface area (Å²) in [7, 11) is 0. The van der Waals surface area contributed by atoms with Gasteiger partial charge in [0.2, 0.25) is 0 Å². The second-order valence-corrected chi connectivity index (χ2v) is 4.25. The molecule has 0 atom stereocenters. The fourth-order valence-corrected chi connectivity index (χ4v) is 2.04. The van der Waals surface area contributed by atoms with E-state index in [4.69, 9.17) is 0 Å². The number of nitrogens with zero attached hydrogens (tertiary/aromatic N) is 2. The molecule has 0 aromatic carbocycles. The summed E-state index contributed by atoms with van der Waals surface area (Å²) in [4.78, 5) is 8.43. The van der Waals surface area contributed by atoms with Crippen molar-refractivity contribution in [2.75, 3.05) is 19.6 Å². The van der Waals surface area contributed by atoms with Crippen molar-refractivity contribution in [2.45, 2.75) is 31.7 Å². The van der Waals surface area contributed by atoms with Crippen molar-refractivity contribution in [3.8, 4) is 0 Å². The van der Waals surface area contributed by atoms with E-state index in [1.807, 2.05) is 18.5 Å². The van der Waals surface area contributed by atoms with Crippen LogP contribution >= 0.6 is 24.8 Å². The molecule has 2 rings (SSSR count). The van der Waals surface area contributed by atoms with Crippen molar-refractivity contribution in [2.24, 2.45) is 0 Å². The highest BCUT2D eigenvalue weighted by molar-refractivity contribution is 5.85. The number of nitrogens with one attached hydrogen (secondary N) is 2. The van der Waals surface area contributed by atoms with Crippen LogP contribution in [-0.4, -0.2) is 35.6 Å². The number of piperidine rings is 1. The lowest BCUT2D eigenvalue weighted by atomic mass is 10.1. The van der Waals surface area contributed by atoms with Gasteiger partial charge < -0.3 is 10.6 Å². The summed E-state index contributed by atoms with van der Waals surface area (Å²) in [6.45, 7) is 3.38. The Balaban J connectivity index is 0.00000144. The lowest BCUT2D eigenvalue weighted by molar-refractivity contribution is 0.385. The summed E-state index contributed by atoms with van der Waals surface area (Å²) < 4.78 is 0. The Hall–Kier alpha value is -0.420. The maximum absolute atomic E-state index is 4.21. The molecule has 0 bridgehead atoms. The van der Waals surface area contributed by atoms with Gasteiger partial charge in [-0.15, -0.1) is 24.8 Å². The Morgan fingerprint density at radius 3 is 2.50 bits per heavy atom. The summed E-state index contributed by atoms with van der Waals surface area (Å²) in [5.74, 6) is 0.953. The maximum Gasteiger partial charge on any atom is 0.128 e. The van der Waals surface area contributed by atoms with Gasteiger partial charge in [-0.1, -0.05) is 0 Å². The monoisotopic (exact) mass is 292 g/mol. The van der Waals surface area contributed by atoms with Gasteiger partial charge in [0.05, 0.1) is 0 Å². The molecule has 1 fully saturated rings. The zero-order valence-corrected chi connectivity index (χ0v) is 12.1. The molecule has 0 amide bonds. The summed E-state index contributed by atoms with van der Waals surface area (Å²) in [6.07, 6.45) is 8.21. The molecule has 1 aromatic heterocycles. The Morgan fingerprint density at radius 2 is 1.83 bits per heavy atom. The van der Waals surface area contributed by atoms with Crippen LogP contribution in [0.25, 0.3) is 0 Å². The van der Waals surface area contributed by atoms with Gasteiger partial charge in [0.1, 0.15) is 5.82 Å². The number of aryl methyl sites for hydroxylation is 1. The normalized spacial score (nSPS) is 15.6. The molecule has 1 aliphatic rings. The summed E-state index contributed by atoms with van der Waals surface area (Å²) in [5.41, 5.74) is 0. The Kier molecular flexibility index (Phi) is 10.3. The van der Waals surface area contributed by atoms with E-state index in [0.717, 1.165) is 38.3 Å². The molecule has 1 saturated heterocycles. The zero-order chi connectivity index (χ0) is 11.1. The molecule has 1 aliphatic heterocycles. The predicted molar refractivity (Wildman–Crippen MR) is 78.7 cm³/mol. The van der Waals surface area contributed by atoms with E-state index < -0.39 is 0 Å². The molecule has 0 unspecified atom stereocenters. The number of halogens is 2. The van der Waals surface area contributed by atoms with Crippen molar-refractivity contribution in [3.63, 3.8) is 0 Å². The van der Waals surface area contributed by atoms with E-state index >= 15 is 0 Å². The molecule has 0 spiro atoms. The average molecular weight is 293 g/mol. The van der Waals surface area contributed by atoms with E-state index in [1.165, 1.54) is 12.8 Å². The van der Waals surface area contributed by atoms with E-state index in [9.17, 15) is 0 Å². The molecule has 0 aliphatic carbocycles. The number of rotatable bonds is 5. The molecule has 1 aromatic rings. The first kappa shape index (κ1) is 17.6. The zero-order valence-electron chi connectivity index (χ0n) is 10.5. The van der Waals surface area contributed by atoms with Crippen LogP contribution in [0.4, 0.5) is 0 Å². The van der Waals surface area contributed by atoms with Crippen molar-refractivity contribution in [3.05, 3.63) is 24.3 Å². The molecular formula is C12H22Cl2N4. The Bertz CT molecular complexity index is 291. The average Bonchev–Trinajstić information content (AvgIpc) is 2.37. The fraction of sp³-hybridized carbons (Fsp3) is 0.667. The van der Waals surface area contributed by atoms with Crippen LogP contribution in [0.2, 0.25) is 0 Å². The third kappa shape index (κ3) is 6.50. The van der Waals surface area contributed by atoms with Crippen LogP contribution in [0.1, 0.15) is 25.1 Å². The van der Waals surface area contributed by atoms with Crippen LogP contribution in [0.15, 0.2) is 18.5 Å². The van der Waals surface area contributed by atoms with E-state index in [1.54, 1.807) is 0 Å². The van der Waals surface area contributed by atoms with Crippen LogP contribution in [0.3, 0.4) is 0 Å². The number of hydrogen-bond donors (Lipinski definition) is 2. The first-order valence-corrected chi connectivity index (χ1v) is 6.15. The van der Waals surface area contributed by atoms with Crippen LogP contribution < -0.4 is 10.6 Å². The van der Waals surface area contributed by atoms with Crippen molar-refractivity contribution in [1.82, 2.24) is 20.6 Å². The topological polar surface area (TPSA) is 49.8 Å². The molecule has 0 saturated carbocycles. The summed E-state index contributed by atoms with van der Waals surface area (Å²) in [5, 5.41) is 6.97. The van der Waals surface area contributed by atoms with Gasteiger partial charge in [0.15, 0.2) is 0 Å². The predicted octanol–water partition coefficient (Wildman–Crippen LogP) is 1.59. The Morgan fingerprint density at radius 1 is 1.17 bits per heavy atom. The second kappa shape index (κ2) is 10.5. The van der Waals surface area contributed by atoms with Crippen molar-refractivity contribution >= 4 is 24.8 Å². The van der Waals surface area contributed by atoms with Gasteiger partial charge >= 0.3 is 0 Å². The quantitative estimate of drug-likeness (QED) is 0.810. The van der Waals surface area contributed by atoms with Gasteiger partial charge in [0, 0.05) is 24.9 Å². The third-order valence-electron chi connectivity index (χ3n) is 2.97. The minimum absolute atomic E-state index is 0. The maximum atomic E-state index is 4.21. The SMILES string of the molecule is Cl.Cl.c1cnc(CCCNC2CCNCC2)nc1. The van der Waals surface area contributed by atoms with Crippen LogP contribution in [0, 0.1) is 0 Å². The lowest BCUT2D eigenvalue weighted by Crippen LogP contribution is -2.40. The fourth-order valence-electron chi connectivity index (χ4n) is 2.04. The van der Waals surface area contributed by atoms with Crippen LogP contribution in [-0.2, 0) is 6.42 Å². The summed E-state index contributed by atoms with van der Waals surface area (Å²) in [6, 6.07) is 2.56. The molecule has 4 nitrogen and oxygen atoms in total. The van der Waals surface area contributed by atoms with Gasteiger partial charge in [-0.25, -0.2) is 9.97 Å². The molecular weight excluding hydrogens is 271 g/mol. The minimum Gasteiger partial charge on any atom is -0.317 e. The smallest absolute Gasteiger partial charge is 0.128 e. The molecule has 18 heavy (non-hydrogen) atoms. The van der Waals surface area contributed by atoms with E-state index in [2.05, 4.69) is 20.6 Å². The largest absolute Gasteiger partial charge is 0.317 e. The van der Waals surface area contributed by atoms with Gasteiger partial charge in [-0.3, -0.25) is 0 Å². The molecule has 104 valence electrons. The highest BCUT2D eigenvalue weighted by atomic mass is 35.5. The standard InChI is InChI=1S/C12H20N4.2ClH/c1(3-12-15-7-2-8-16-12)6-14-11-4-9-13-10-5-11;;/h2,7-8,11,13-14H,1,3-6,9-10H2;2*1H. The number of hydrogen-bond acceptors (Lipinski definition) is 4. The van der Waals surface area contributed by atoms with Crippen molar-refractivity contribution < 1.29 is 0 Å². The van der Waals surface area contributed by atoms with Gasteiger partial charge in [-0.05, 0) is 45.0 Å². The molecule has 2 heterocycles. The van der Waals surface area contributed by atoms with Gasteiger partial charge in [0.25, 0.3) is 0 Å². The first-order chi connectivity index (χ1) is 7.95. The second-order valence-electron chi connectivity index (χ2n) is 4.25. The van der Waals surface area contributed by atoms with E-state index in [-0.39, 0.29) is 24.8 Å². The molecule has 6 heteroatoms. The molecule has 2 N–H and O–H groups in total. The van der Waals surface area contributed by atoms with E-state index in [0.29, 0.717) is 6.04 Å². The Labute approximate surface area is 121 Å². The van der Waals surface area contributed by atoms with Gasteiger partial charge in [-0.2, -0.15) is 0 Å². The van der Waals surface area contributed by atoms with Crippen molar-refractivity contribution in [1.29, 1.82) is 0 Å². The number of aromatic nitrogens is 2. The first-order valence-electron chi connectivity index (χ1n) is 6.15. The highest BCUT2D eigenvalue weighted by Gasteiger charge is 2.11. The molecule has 0 radical (unpaired) electrons. The summed E-state index contributed by atoms with van der Waals surface area (Å²) >= 11 is 0. The third-order valence-corrected chi connectivity index (χ3v) is 2.97. The van der Waals surface area contributed by atoms with Crippen LogP contribution in [0.5, 0.6) is 0 Å². The minimum atomic E-state index is 0.